The Morgan fingerprint density at radius 3 is 2.46 bits per heavy atom. The Labute approximate surface area is 80.1 Å². The molecular formula is C12H16O. The molecule has 0 atom stereocenters. The highest BCUT2D eigenvalue weighted by Gasteiger charge is 1.88. The fraction of sp³-hybridized carbons (Fsp3) is 0.250. The second-order valence-electron chi connectivity index (χ2n) is 2.56. The smallest absolute Gasteiger partial charge is 0.155 e. The standard InChI is InChI=1S/C11H12O.CH4/c1-2-11(12)9-8-10-6-4-3-5-7-10;/h3-9H,2H2,1H3;1H4/b9-8+;. The number of carbonyl (C=O) groups excluding carboxylic acids is 1. The van der Waals surface area contributed by atoms with Gasteiger partial charge in [-0.1, -0.05) is 50.8 Å². The molecule has 0 aliphatic carbocycles. The quantitative estimate of drug-likeness (QED) is 0.646. The van der Waals surface area contributed by atoms with E-state index in [1.165, 1.54) is 0 Å². The van der Waals surface area contributed by atoms with Crippen molar-refractivity contribution >= 4 is 11.9 Å². The molecule has 1 aromatic carbocycles. The Bertz CT molecular complexity index is 272. The van der Waals surface area contributed by atoms with Gasteiger partial charge in [0.05, 0.1) is 0 Å². The largest absolute Gasteiger partial charge is 0.295 e. The summed E-state index contributed by atoms with van der Waals surface area (Å²) < 4.78 is 0. The van der Waals surface area contributed by atoms with Crippen LogP contribution in [0.3, 0.4) is 0 Å². The van der Waals surface area contributed by atoms with Gasteiger partial charge in [0, 0.05) is 6.42 Å². The van der Waals surface area contributed by atoms with Gasteiger partial charge in [0.2, 0.25) is 0 Å². The predicted octanol–water partition coefficient (Wildman–Crippen LogP) is 3.32. The topological polar surface area (TPSA) is 17.1 Å². The number of carbonyl (C=O) groups is 1. The molecule has 0 spiro atoms. The minimum Gasteiger partial charge on any atom is -0.295 e. The molecule has 0 heterocycles. The van der Waals surface area contributed by atoms with E-state index in [1.54, 1.807) is 6.08 Å². The summed E-state index contributed by atoms with van der Waals surface area (Å²) in [6.07, 6.45) is 4.03. The SMILES string of the molecule is C.CCC(=O)/C=C/c1ccccc1. The highest BCUT2D eigenvalue weighted by Crippen LogP contribution is 2.01. The van der Waals surface area contributed by atoms with Crippen LogP contribution in [-0.2, 0) is 4.79 Å². The molecule has 1 rings (SSSR count). The molecule has 0 radical (unpaired) electrons. The van der Waals surface area contributed by atoms with Crippen molar-refractivity contribution in [1.29, 1.82) is 0 Å². The number of ketones is 1. The van der Waals surface area contributed by atoms with Crippen molar-refractivity contribution in [3.8, 4) is 0 Å². The van der Waals surface area contributed by atoms with Crippen molar-refractivity contribution in [3.63, 3.8) is 0 Å². The van der Waals surface area contributed by atoms with Crippen LogP contribution in [0.1, 0.15) is 26.3 Å². The van der Waals surface area contributed by atoms with E-state index in [1.807, 2.05) is 43.3 Å². The molecule has 1 nitrogen and oxygen atoms in total. The zero-order valence-corrected chi connectivity index (χ0v) is 7.16. The van der Waals surface area contributed by atoms with Crippen molar-refractivity contribution in [3.05, 3.63) is 42.0 Å². The average Bonchev–Trinajstić information content (AvgIpc) is 2.16. The first-order valence-corrected chi connectivity index (χ1v) is 4.09. The molecule has 0 saturated carbocycles. The minimum absolute atomic E-state index is 0. The Morgan fingerprint density at radius 1 is 1.31 bits per heavy atom. The van der Waals surface area contributed by atoms with E-state index in [4.69, 9.17) is 0 Å². The monoisotopic (exact) mass is 176 g/mol. The maximum atomic E-state index is 10.9. The number of hydrogen-bond acceptors (Lipinski definition) is 1. The van der Waals surface area contributed by atoms with E-state index >= 15 is 0 Å². The van der Waals surface area contributed by atoms with E-state index in [0.29, 0.717) is 6.42 Å². The maximum absolute atomic E-state index is 10.9. The van der Waals surface area contributed by atoms with Crippen LogP contribution in [0, 0.1) is 0 Å². The summed E-state index contributed by atoms with van der Waals surface area (Å²) in [6.45, 7) is 1.86. The first-order valence-electron chi connectivity index (χ1n) is 4.09. The number of allylic oxidation sites excluding steroid dienone is 1. The van der Waals surface area contributed by atoms with Crippen molar-refractivity contribution in [2.45, 2.75) is 20.8 Å². The van der Waals surface area contributed by atoms with Crippen molar-refractivity contribution < 1.29 is 4.79 Å². The lowest BCUT2D eigenvalue weighted by Crippen LogP contribution is -1.86. The van der Waals surface area contributed by atoms with Gasteiger partial charge in [-0.2, -0.15) is 0 Å². The van der Waals surface area contributed by atoms with Crippen LogP contribution in [0.25, 0.3) is 6.08 Å². The fourth-order valence-corrected chi connectivity index (χ4v) is 0.871. The first kappa shape index (κ1) is 11.6. The van der Waals surface area contributed by atoms with Gasteiger partial charge in [-0.15, -0.1) is 0 Å². The van der Waals surface area contributed by atoms with Gasteiger partial charge in [0.1, 0.15) is 0 Å². The highest BCUT2D eigenvalue weighted by molar-refractivity contribution is 5.93. The van der Waals surface area contributed by atoms with Crippen LogP contribution in [0.2, 0.25) is 0 Å². The van der Waals surface area contributed by atoms with Gasteiger partial charge >= 0.3 is 0 Å². The molecule has 0 N–H and O–H groups in total. The Morgan fingerprint density at radius 2 is 1.92 bits per heavy atom. The molecule has 13 heavy (non-hydrogen) atoms. The van der Waals surface area contributed by atoms with Crippen LogP contribution in [0.5, 0.6) is 0 Å². The summed E-state index contributed by atoms with van der Waals surface area (Å²) in [5.74, 6) is 0.166. The lowest BCUT2D eigenvalue weighted by Gasteiger charge is -1.89. The summed E-state index contributed by atoms with van der Waals surface area (Å²) in [7, 11) is 0. The van der Waals surface area contributed by atoms with E-state index in [-0.39, 0.29) is 13.2 Å². The van der Waals surface area contributed by atoms with Gasteiger partial charge in [0.25, 0.3) is 0 Å². The first-order chi connectivity index (χ1) is 5.83. The molecule has 0 aliphatic heterocycles. The van der Waals surface area contributed by atoms with Gasteiger partial charge < -0.3 is 0 Å². The van der Waals surface area contributed by atoms with Crippen molar-refractivity contribution in [2.24, 2.45) is 0 Å². The van der Waals surface area contributed by atoms with E-state index in [0.717, 1.165) is 5.56 Å². The van der Waals surface area contributed by atoms with E-state index in [2.05, 4.69) is 0 Å². The second kappa shape index (κ2) is 6.18. The minimum atomic E-state index is 0. The number of hydrogen-bond donors (Lipinski definition) is 0. The summed E-state index contributed by atoms with van der Waals surface area (Å²) in [4.78, 5) is 10.9. The molecule has 0 saturated heterocycles. The summed E-state index contributed by atoms with van der Waals surface area (Å²) in [6, 6.07) is 9.81. The van der Waals surface area contributed by atoms with Crippen LogP contribution in [-0.4, -0.2) is 5.78 Å². The van der Waals surface area contributed by atoms with E-state index in [9.17, 15) is 4.79 Å². The number of rotatable bonds is 3. The van der Waals surface area contributed by atoms with Crippen LogP contribution in [0.4, 0.5) is 0 Å². The number of benzene rings is 1. The van der Waals surface area contributed by atoms with Crippen LogP contribution < -0.4 is 0 Å². The zero-order valence-electron chi connectivity index (χ0n) is 7.16. The van der Waals surface area contributed by atoms with Crippen molar-refractivity contribution in [2.75, 3.05) is 0 Å². The third-order valence-corrected chi connectivity index (χ3v) is 1.61. The van der Waals surface area contributed by atoms with Gasteiger partial charge in [0.15, 0.2) is 5.78 Å². The molecule has 0 bridgehead atoms. The van der Waals surface area contributed by atoms with Crippen molar-refractivity contribution in [1.82, 2.24) is 0 Å². The Balaban J connectivity index is 0.00000144. The molecule has 0 unspecified atom stereocenters. The molecular weight excluding hydrogens is 160 g/mol. The molecule has 1 aromatic rings. The second-order valence-corrected chi connectivity index (χ2v) is 2.56. The highest BCUT2D eigenvalue weighted by atomic mass is 16.1. The normalized spacial score (nSPS) is 9.62. The summed E-state index contributed by atoms with van der Waals surface area (Å²) >= 11 is 0. The summed E-state index contributed by atoms with van der Waals surface area (Å²) in [5.41, 5.74) is 1.07. The lowest BCUT2D eigenvalue weighted by atomic mass is 10.2. The predicted molar refractivity (Wildman–Crippen MR) is 57.5 cm³/mol. The maximum Gasteiger partial charge on any atom is 0.155 e. The third-order valence-electron chi connectivity index (χ3n) is 1.61. The Hall–Kier alpha value is -1.37. The Kier molecular flexibility index (Phi) is 5.53. The van der Waals surface area contributed by atoms with Gasteiger partial charge in [-0.25, -0.2) is 0 Å². The fourth-order valence-electron chi connectivity index (χ4n) is 0.871. The molecule has 0 amide bonds. The lowest BCUT2D eigenvalue weighted by molar-refractivity contribution is -0.114. The third kappa shape index (κ3) is 4.26. The van der Waals surface area contributed by atoms with Crippen LogP contribution in [0.15, 0.2) is 36.4 Å². The average molecular weight is 176 g/mol. The van der Waals surface area contributed by atoms with Gasteiger partial charge in [-0.05, 0) is 11.6 Å². The summed E-state index contributed by atoms with van der Waals surface area (Å²) in [5, 5.41) is 0. The molecule has 0 aliphatic rings. The molecule has 0 fully saturated rings. The van der Waals surface area contributed by atoms with E-state index < -0.39 is 0 Å². The molecule has 1 heteroatoms. The van der Waals surface area contributed by atoms with Crippen LogP contribution >= 0.6 is 0 Å². The van der Waals surface area contributed by atoms with Gasteiger partial charge in [-0.3, -0.25) is 4.79 Å². The molecule has 0 aromatic heterocycles. The molecule has 70 valence electrons. The zero-order chi connectivity index (χ0) is 8.81.